The van der Waals surface area contributed by atoms with E-state index in [-0.39, 0.29) is 5.78 Å². The maximum Gasteiger partial charge on any atom is 0.163 e. The molecule has 1 nitrogen and oxygen atoms in total. The van der Waals surface area contributed by atoms with Gasteiger partial charge in [-0.2, -0.15) is 0 Å². The Balaban J connectivity index is 2.57. The van der Waals surface area contributed by atoms with Gasteiger partial charge < -0.3 is 0 Å². The summed E-state index contributed by atoms with van der Waals surface area (Å²) in [5.41, 5.74) is 0.855. The predicted molar refractivity (Wildman–Crippen MR) is 75.9 cm³/mol. The van der Waals surface area contributed by atoms with E-state index in [1.165, 1.54) is 4.90 Å². The summed E-state index contributed by atoms with van der Waals surface area (Å²) < 4.78 is 0. The van der Waals surface area contributed by atoms with E-state index in [2.05, 4.69) is 20.8 Å². The number of Topliss-reactive ketones (excluding diaryl/α,β-unsaturated/α-hetero) is 1. The van der Waals surface area contributed by atoms with Gasteiger partial charge in [-0.1, -0.05) is 45.7 Å². The van der Waals surface area contributed by atoms with Gasteiger partial charge in [0.2, 0.25) is 0 Å². The normalized spacial score (nSPS) is 12.4. The van der Waals surface area contributed by atoms with Crippen LogP contribution >= 0.6 is 11.8 Å². The van der Waals surface area contributed by atoms with Crippen molar-refractivity contribution in [3.05, 3.63) is 29.8 Å². The van der Waals surface area contributed by atoms with Gasteiger partial charge >= 0.3 is 0 Å². The molecular weight excluding hydrogens is 228 g/mol. The fourth-order valence-corrected chi connectivity index (χ4v) is 2.59. The second-order valence-electron chi connectivity index (χ2n) is 4.48. The SMILES string of the molecule is CCCC(C)CC(=O)c1ccc(SCC)cc1. The summed E-state index contributed by atoms with van der Waals surface area (Å²) >= 11 is 1.81. The quantitative estimate of drug-likeness (QED) is 0.510. The molecule has 0 aliphatic rings. The smallest absolute Gasteiger partial charge is 0.163 e. The Morgan fingerprint density at radius 2 is 1.88 bits per heavy atom. The topological polar surface area (TPSA) is 17.1 Å². The van der Waals surface area contributed by atoms with Gasteiger partial charge in [0, 0.05) is 16.9 Å². The van der Waals surface area contributed by atoms with Crippen molar-refractivity contribution in [2.75, 3.05) is 5.75 Å². The third kappa shape index (κ3) is 4.95. The molecule has 0 heterocycles. The molecule has 1 atom stereocenters. The van der Waals surface area contributed by atoms with E-state index >= 15 is 0 Å². The Hall–Kier alpha value is -0.760. The lowest BCUT2D eigenvalue weighted by Crippen LogP contribution is -2.05. The molecule has 0 amide bonds. The van der Waals surface area contributed by atoms with Crippen molar-refractivity contribution in [2.24, 2.45) is 5.92 Å². The van der Waals surface area contributed by atoms with E-state index in [1.54, 1.807) is 11.8 Å². The predicted octanol–water partition coefficient (Wildman–Crippen LogP) is 4.81. The molecule has 0 aliphatic heterocycles. The number of ketones is 1. The fourth-order valence-electron chi connectivity index (χ4n) is 1.93. The van der Waals surface area contributed by atoms with E-state index in [1.807, 2.05) is 24.3 Å². The van der Waals surface area contributed by atoms with Crippen molar-refractivity contribution < 1.29 is 4.79 Å². The molecule has 0 aromatic heterocycles. The molecule has 0 bridgehead atoms. The molecule has 1 aromatic rings. The molecule has 0 N–H and O–H groups in total. The van der Waals surface area contributed by atoms with Gasteiger partial charge in [0.15, 0.2) is 5.78 Å². The Morgan fingerprint density at radius 1 is 1.24 bits per heavy atom. The molecule has 1 rings (SSSR count). The van der Waals surface area contributed by atoms with Gasteiger partial charge in [-0.05, 0) is 23.8 Å². The highest BCUT2D eigenvalue weighted by Crippen LogP contribution is 2.20. The third-order valence-electron chi connectivity index (χ3n) is 2.80. The highest BCUT2D eigenvalue weighted by Gasteiger charge is 2.10. The van der Waals surface area contributed by atoms with Gasteiger partial charge in [-0.3, -0.25) is 4.79 Å². The van der Waals surface area contributed by atoms with Crippen LogP contribution in [0.1, 0.15) is 50.4 Å². The second kappa shape index (κ2) is 7.54. The maximum atomic E-state index is 12.0. The average molecular weight is 250 g/mol. The number of carbonyl (C=O) groups excluding carboxylic acids is 1. The summed E-state index contributed by atoms with van der Waals surface area (Å²) in [6.07, 6.45) is 2.96. The van der Waals surface area contributed by atoms with Crippen LogP contribution in [0, 0.1) is 5.92 Å². The monoisotopic (exact) mass is 250 g/mol. The summed E-state index contributed by atoms with van der Waals surface area (Å²) in [4.78, 5) is 13.2. The molecule has 1 aromatic carbocycles. The number of thioether (sulfide) groups is 1. The van der Waals surface area contributed by atoms with Crippen LogP contribution in [-0.4, -0.2) is 11.5 Å². The van der Waals surface area contributed by atoms with Crippen LogP contribution in [0.3, 0.4) is 0 Å². The van der Waals surface area contributed by atoms with E-state index in [0.717, 1.165) is 24.2 Å². The molecule has 2 heteroatoms. The minimum Gasteiger partial charge on any atom is -0.294 e. The number of hydrogen-bond acceptors (Lipinski definition) is 2. The largest absolute Gasteiger partial charge is 0.294 e. The summed E-state index contributed by atoms with van der Waals surface area (Å²) in [7, 11) is 0. The van der Waals surface area contributed by atoms with Crippen molar-refractivity contribution in [3.63, 3.8) is 0 Å². The van der Waals surface area contributed by atoms with Crippen LogP contribution in [-0.2, 0) is 0 Å². The molecule has 94 valence electrons. The van der Waals surface area contributed by atoms with Crippen LogP contribution in [0.2, 0.25) is 0 Å². The lowest BCUT2D eigenvalue weighted by Gasteiger charge is -2.09. The van der Waals surface area contributed by atoms with Crippen molar-refractivity contribution in [3.8, 4) is 0 Å². The number of hydrogen-bond donors (Lipinski definition) is 0. The zero-order valence-corrected chi connectivity index (χ0v) is 11.8. The fraction of sp³-hybridized carbons (Fsp3) is 0.533. The Morgan fingerprint density at radius 3 is 2.41 bits per heavy atom. The second-order valence-corrected chi connectivity index (χ2v) is 5.82. The third-order valence-corrected chi connectivity index (χ3v) is 3.70. The van der Waals surface area contributed by atoms with Crippen LogP contribution in [0.5, 0.6) is 0 Å². The molecular formula is C15H22OS. The first-order valence-corrected chi connectivity index (χ1v) is 7.42. The van der Waals surface area contributed by atoms with E-state index in [9.17, 15) is 4.79 Å². The van der Waals surface area contributed by atoms with E-state index in [4.69, 9.17) is 0 Å². The van der Waals surface area contributed by atoms with Gasteiger partial charge in [-0.25, -0.2) is 0 Å². The minimum absolute atomic E-state index is 0.277. The molecule has 17 heavy (non-hydrogen) atoms. The van der Waals surface area contributed by atoms with E-state index in [0.29, 0.717) is 12.3 Å². The zero-order valence-electron chi connectivity index (χ0n) is 11.0. The van der Waals surface area contributed by atoms with Gasteiger partial charge in [-0.15, -0.1) is 11.8 Å². The average Bonchev–Trinajstić information content (AvgIpc) is 2.30. The lowest BCUT2D eigenvalue weighted by molar-refractivity contribution is 0.0962. The summed E-state index contributed by atoms with van der Waals surface area (Å²) in [6.45, 7) is 6.45. The van der Waals surface area contributed by atoms with Crippen LogP contribution in [0.25, 0.3) is 0 Å². The van der Waals surface area contributed by atoms with E-state index < -0.39 is 0 Å². The van der Waals surface area contributed by atoms with Gasteiger partial charge in [0.25, 0.3) is 0 Å². The molecule has 1 unspecified atom stereocenters. The maximum absolute atomic E-state index is 12.0. The summed E-state index contributed by atoms with van der Waals surface area (Å²) in [5, 5.41) is 0. The molecule has 0 saturated carbocycles. The highest BCUT2D eigenvalue weighted by atomic mass is 32.2. The van der Waals surface area contributed by atoms with Crippen LogP contribution in [0.15, 0.2) is 29.2 Å². The first-order valence-electron chi connectivity index (χ1n) is 6.43. The Bertz CT molecular complexity index is 342. The highest BCUT2D eigenvalue weighted by molar-refractivity contribution is 7.99. The van der Waals surface area contributed by atoms with Crippen LogP contribution < -0.4 is 0 Å². The minimum atomic E-state index is 0.277. The van der Waals surface area contributed by atoms with Crippen molar-refractivity contribution in [1.29, 1.82) is 0 Å². The molecule has 0 aliphatic carbocycles. The number of benzene rings is 1. The van der Waals surface area contributed by atoms with Crippen molar-refractivity contribution in [2.45, 2.75) is 44.9 Å². The van der Waals surface area contributed by atoms with Crippen molar-refractivity contribution >= 4 is 17.5 Å². The molecule has 0 spiro atoms. The van der Waals surface area contributed by atoms with Crippen LogP contribution in [0.4, 0.5) is 0 Å². The Labute approximate surface area is 109 Å². The lowest BCUT2D eigenvalue weighted by atomic mass is 9.96. The Kier molecular flexibility index (Phi) is 6.35. The zero-order chi connectivity index (χ0) is 12.7. The van der Waals surface area contributed by atoms with Crippen molar-refractivity contribution in [1.82, 2.24) is 0 Å². The molecule has 0 radical (unpaired) electrons. The van der Waals surface area contributed by atoms with Gasteiger partial charge in [0.1, 0.15) is 0 Å². The molecule has 0 saturated heterocycles. The standard InChI is InChI=1S/C15H22OS/c1-4-6-12(3)11-15(16)13-7-9-14(10-8-13)17-5-2/h7-10,12H,4-6,11H2,1-3H3. The summed E-state index contributed by atoms with van der Waals surface area (Å²) in [6, 6.07) is 8.01. The molecule has 0 fully saturated rings. The summed E-state index contributed by atoms with van der Waals surface area (Å²) in [5.74, 6) is 1.84. The number of rotatable bonds is 7. The number of carbonyl (C=O) groups is 1. The van der Waals surface area contributed by atoms with Gasteiger partial charge in [0.05, 0.1) is 0 Å². The first-order chi connectivity index (χ1) is 8.17. The first kappa shape index (κ1) is 14.3.